The predicted molar refractivity (Wildman–Crippen MR) is 63.2 cm³/mol. The molecule has 1 atom stereocenters. The SMILES string of the molecule is CC(C)C(CCO)NC1COC(C)(C)OC1. The van der Waals surface area contributed by atoms with Crippen molar-refractivity contribution in [3.05, 3.63) is 0 Å². The van der Waals surface area contributed by atoms with Gasteiger partial charge in [0.05, 0.1) is 19.3 Å². The third-order valence-electron chi connectivity index (χ3n) is 2.96. The number of nitrogens with one attached hydrogen (secondary N) is 1. The van der Waals surface area contributed by atoms with Gasteiger partial charge in [0.15, 0.2) is 5.79 Å². The van der Waals surface area contributed by atoms with Gasteiger partial charge in [0.2, 0.25) is 0 Å². The van der Waals surface area contributed by atoms with Crippen LogP contribution in [0.4, 0.5) is 0 Å². The topological polar surface area (TPSA) is 50.7 Å². The lowest BCUT2D eigenvalue weighted by atomic mass is 10.0. The van der Waals surface area contributed by atoms with Gasteiger partial charge < -0.3 is 19.9 Å². The molecule has 1 rings (SSSR count). The van der Waals surface area contributed by atoms with Gasteiger partial charge in [0, 0.05) is 12.6 Å². The molecule has 1 saturated heterocycles. The molecule has 1 heterocycles. The predicted octanol–water partition coefficient (Wildman–Crippen LogP) is 1.13. The molecule has 1 aliphatic rings. The maximum Gasteiger partial charge on any atom is 0.162 e. The number of hydrogen-bond donors (Lipinski definition) is 2. The standard InChI is InChI=1S/C12H25NO3/c1-9(2)11(5-6-14)13-10-7-15-12(3,4)16-8-10/h9-11,13-14H,5-8H2,1-4H3. The van der Waals surface area contributed by atoms with Gasteiger partial charge in [-0.1, -0.05) is 13.8 Å². The van der Waals surface area contributed by atoms with Crippen LogP contribution in [0.2, 0.25) is 0 Å². The Morgan fingerprint density at radius 3 is 2.31 bits per heavy atom. The maximum atomic E-state index is 9.00. The second-order valence-electron chi connectivity index (χ2n) is 5.25. The summed E-state index contributed by atoms with van der Waals surface area (Å²) in [7, 11) is 0. The second-order valence-corrected chi connectivity index (χ2v) is 5.25. The van der Waals surface area contributed by atoms with Crippen molar-refractivity contribution in [3.8, 4) is 0 Å². The van der Waals surface area contributed by atoms with Crippen LogP contribution in [-0.4, -0.2) is 42.8 Å². The quantitative estimate of drug-likeness (QED) is 0.745. The Morgan fingerprint density at radius 2 is 1.88 bits per heavy atom. The molecule has 4 nitrogen and oxygen atoms in total. The van der Waals surface area contributed by atoms with Crippen molar-refractivity contribution in [2.75, 3.05) is 19.8 Å². The molecule has 0 aromatic heterocycles. The zero-order valence-electron chi connectivity index (χ0n) is 10.8. The molecular weight excluding hydrogens is 206 g/mol. The number of rotatable bonds is 5. The Bertz CT molecular complexity index is 196. The van der Waals surface area contributed by atoms with E-state index in [0.717, 1.165) is 6.42 Å². The highest BCUT2D eigenvalue weighted by Crippen LogP contribution is 2.18. The van der Waals surface area contributed by atoms with Crippen molar-refractivity contribution in [3.63, 3.8) is 0 Å². The monoisotopic (exact) mass is 231 g/mol. The van der Waals surface area contributed by atoms with Gasteiger partial charge in [-0.3, -0.25) is 0 Å². The summed E-state index contributed by atoms with van der Waals surface area (Å²) in [5.74, 6) is 0.0461. The lowest BCUT2D eigenvalue weighted by molar-refractivity contribution is -0.253. The van der Waals surface area contributed by atoms with E-state index in [9.17, 15) is 0 Å². The molecule has 0 radical (unpaired) electrons. The normalized spacial score (nSPS) is 23.6. The van der Waals surface area contributed by atoms with Crippen LogP contribution in [0.1, 0.15) is 34.1 Å². The third kappa shape index (κ3) is 4.37. The number of aliphatic hydroxyl groups excluding tert-OH is 1. The van der Waals surface area contributed by atoms with Crippen LogP contribution in [0.3, 0.4) is 0 Å². The largest absolute Gasteiger partial charge is 0.396 e. The molecule has 0 aromatic rings. The van der Waals surface area contributed by atoms with E-state index in [-0.39, 0.29) is 12.6 Å². The average molecular weight is 231 g/mol. The van der Waals surface area contributed by atoms with E-state index in [2.05, 4.69) is 19.2 Å². The fourth-order valence-electron chi connectivity index (χ4n) is 1.84. The van der Waals surface area contributed by atoms with E-state index in [1.54, 1.807) is 0 Å². The third-order valence-corrected chi connectivity index (χ3v) is 2.96. The van der Waals surface area contributed by atoms with Crippen LogP contribution in [0.25, 0.3) is 0 Å². The molecule has 0 saturated carbocycles. The first-order valence-electron chi connectivity index (χ1n) is 6.09. The zero-order valence-corrected chi connectivity index (χ0v) is 10.8. The van der Waals surface area contributed by atoms with Crippen molar-refractivity contribution >= 4 is 0 Å². The van der Waals surface area contributed by atoms with E-state index < -0.39 is 5.79 Å². The Morgan fingerprint density at radius 1 is 1.31 bits per heavy atom. The minimum absolute atomic E-state index is 0.218. The molecule has 0 aromatic carbocycles. The van der Waals surface area contributed by atoms with E-state index in [1.807, 2.05) is 13.8 Å². The van der Waals surface area contributed by atoms with Gasteiger partial charge in [-0.2, -0.15) is 0 Å². The van der Waals surface area contributed by atoms with E-state index in [4.69, 9.17) is 14.6 Å². The van der Waals surface area contributed by atoms with Crippen LogP contribution >= 0.6 is 0 Å². The van der Waals surface area contributed by atoms with Gasteiger partial charge in [0.25, 0.3) is 0 Å². The van der Waals surface area contributed by atoms with Crippen molar-refractivity contribution < 1.29 is 14.6 Å². The van der Waals surface area contributed by atoms with Crippen LogP contribution in [0.15, 0.2) is 0 Å². The average Bonchev–Trinajstić information content (AvgIpc) is 2.20. The Hall–Kier alpha value is -0.160. The van der Waals surface area contributed by atoms with Crippen molar-refractivity contribution in [1.82, 2.24) is 5.32 Å². The lowest BCUT2D eigenvalue weighted by Crippen LogP contribution is -2.52. The van der Waals surface area contributed by atoms with Crippen molar-refractivity contribution in [2.45, 2.75) is 52.0 Å². The highest BCUT2D eigenvalue weighted by molar-refractivity contribution is 4.79. The van der Waals surface area contributed by atoms with Crippen LogP contribution in [0.5, 0.6) is 0 Å². The molecule has 0 spiro atoms. The summed E-state index contributed by atoms with van der Waals surface area (Å²) in [6.45, 7) is 9.72. The summed E-state index contributed by atoms with van der Waals surface area (Å²) in [6, 6.07) is 0.551. The van der Waals surface area contributed by atoms with Gasteiger partial charge in [-0.05, 0) is 26.2 Å². The Labute approximate surface area is 98.3 Å². The van der Waals surface area contributed by atoms with E-state index in [1.165, 1.54) is 0 Å². The molecule has 2 N–H and O–H groups in total. The Kier molecular flexibility index (Phi) is 5.18. The molecule has 0 aliphatic carbocycles. The summed E-state index contributed by atoms with van der Waals surface area (Å²) in [5.41, 5.74) is 0. The first-order chi connectivity index (χ1) is 7.44. The minimum Gasteiger partial charge on any atom is -0.396 e. The maximum absolute atomic E-state index is 9.00. The summed E-state index contributed by atoms with van der Waals surface area (Å²) >= 11 is 0. The van der Waals surface area contributed by atoms with Gasteiger partial charge in [-0.15, -0.1) is 0 Å². The van der Waals surface area contributed by atoms with Gasteiger partial charge in [0.1, 0.15) is 0 Å². The molecule has 0 bridgehead atoms. The summed E-state index contributed by atoms with van der Waals surface area (Å²) in [5, 5.41) is 12.5. The molecular formula is C12H25NO3. The van der Waals surface area contributed by atoms with Crippen LogP contribution < -0.4 is 5.32 Å². The number of aliphatic hydroxyl groups is 1. The highest BCUT2D eigenvalue weighted by Gasteiger charge is 2.29. The summed E-state index contributed by atoms with van der Waals surface area (Å²) in [4.78, 5) is 0. The molecule has 1 unspecified atom stereocenters. The Balaban J connectivity index is 2.36. The summed E-state index contributed by atoms with van der Waals surface area (Å²) in [6.07, 6.45) is 0.775. The van der Waals surface area contributed by atoms with Gasteiger partial charge in [-0.25, -0.2) is 0 Å². The highest BCUT2D eigenvalue weighted by atomic mass is 16.7. The van der Waals surface area contributed by atoms with Crippen molar-refractivity contribution in [1.29, 1.82) is 0 Å². The van der Waals surface area contributed by atoms with Gasteiger partial charge >= 0.3 is 0 Å². The molecule has 1 aliphatic heterocycles. The smallest absolute Gasteiger partial charge is 0.162 e. The fourth-order valence-corrected chi connectivity index (χ4v) is 1.84. The second kappa shape index (κ2) is 5.96. The van der Waals surface area contributed by atoms with Crippen LogP contribution in [0, 0.1) is 5.92 Å². The fraction of sp³-hybridized carbons (Fsp3) is 1.00. The minimum atomic E-state index is -0.456. The van der Waals surface area contributed by atoms with Crippen LogP contribution in [-0.2, 0) is 9.47 Å². The molecule has 0 amide bonds. The zero-order chi connectivity index (χ0) is 12.2. The first kappa shape index (κ1) is 13.9. The van der Waals surface area contributed by atoms with E-state index >= 15 is 0 Å². The molecule has 16 heavy (non-hydrogen) atoms. The van der Waals surface area contributed by atoms with E-state index in [0.29, 0.717) is 25.2 Å². The lowest BCUT2D eigenvalue weighted by Gasteiger charge is -2.37. The molecule has 1 fully saturated rings. The molecule has 96 valence electrons. The van der Waals surface area contributed by atoms with Crippen molar-refractivity contribution in [2.24, 2.45) is 5.92 Å². The summed E-state index contributed by atoms with van der Waals surface area (Å²) < 4.78 is 11.2. The number of ether oxygens (including phenoxy) is 2. The number of hydrogen-bond acceptors (Lipinski definition) is 4. The first-order valence-corrected chi connectivity index (χ1v) is 6.09. The molecule has 4 heteroatoms.